The molecule has 26 heavy (non-hydrogen) atoms. The van der Waals surface area contributed by atoms with Crippen LogP contribution in [0.5, 0.6) is 11.5 Å². The van der Waals surface area contributed by atoms with Gasteiger partial charge in [0.2, 0.25) is 0 Å². The minimum Gasteiger partial charge on any atom is -0.493 e. The van der Waals surface area contributed by atoms with Gasteiger partial charge < -0.3 is 25.2 Å². The first kappa shape index (κ1) is 16.7. The lowest BCUT2D eigenvalue weighted by molar-refractivity contribution is 0.0996. The summed E-state index contributed by atoms with van der Waals surface area (Å²) in [6.07, 6.45) is 3.41. The number of benzene rings is 1. The maximum atomic E-state index is 12.7. The minimum atomic E-state index is -0.318. The van der Waals surface area contributed by atoms with Gasteiger partial charge in [-0.1, -0.05) is 0 Å². The number of rotatable bonds is 4. The van der Waals surface area contributed by atoms with Gasteiger partial charge >= 0.3 is 0 Å². The molecule has 2 aromatic rings. The monoisotopic (exact) mass is 355 g/mol. The predicted molar refractivity (Wildman–Crippen MR) is 96.4 cm³/mol. The Hall–Kier alpha value is -2.80. The Kier molecular flexibility index (Phi) is 4.16. The highest BCUT2D eigenvalue weighted by Gasteiger charge is 2.30. The van der Waals surface area contributed by atoms with Crippen LogP contribution in [0, 0.1) is 0 Å². The molecule has 1 saturated carbocycles. The molecule has 2 aliphatic rings. The SMILES string of the molecule is COc1ccc(N2Cc3cnc(N)cc3C2=O)cc1OC1CCC(O)C1. The second-order valence-electron chi connectivity index (χ2n) is 6.70. The van der Waals surface area contributed by atoms with Gasteiger partial charge in [0, 0.05) is 29.9 Å². The first-order chi connectivity index (χ1) is 12.5. The van der Waals surface area contributed by atoms with Gasteiger partial charge in [-0.05, 0) is 31.0 Å². The Morgan fingerprint density at radius 2 is 2.12 bits per heavy atom. The first-order valence-corrected chi connectivity index (χ1v) is 8.64. The first-order valence-electron chi connectivity index (χ1n) is 8.64. The molecule has 0 saturated heterocycles. The third-order valence-corrected chi connectivity index (χ3v) is 4.92. The van der Waals surface area contributed by atoms with Crippen molar-refractivity contribution in [2.24, 2.45) is 0 Å². The van der Waals surface area contributed by atoms with E-state index in [0.717, 1.165) is 24.1 Å². The Labute approximate surface area is 151 Å². The van der Waals surface area contributed by atoms with E-state index >= 15 is 0 Å². The number of carbonyl (C=O) groups excluding carboxylic acids is 1. The lowest BCUT2D eigenvalue weighted by Crippen LogP contribution is -2.23. The summed E-state index contributed by atoms with van der Waals surface area (Å²) in [6.45, 7) is 0.440. The van der Waals surface area contributed by atoms with E-state index < -0.39 is 0 Å². The summed E-state index contributed by atoms with van der Waals surface area (Å²) in [7, 11) is 1.58. The van der Waals surface area contributed by atoms with E-state index in [2.05, 4.69) is 4.98 Å². The second kappa shape index (κ2) is 6.49. The topological polar surface area (TPSA) is 97.9 Å². The van der Waals surface area contributed by atoms with Crippen molar-refractivity contribution in [2.45, 2.75) is 38.0 Å². The Morgan fingerprint density at radius 1 is 1.27 bits per heavy atom. The number of nitrogens with zero attached hydrogens (tertiary/aromatic N) is 2. The molecule has 0 bridgehead atoms. The number of ether oxygens (including phenoxy) is 2. The number of nitrogen functional groups attached to an aromatic ring is 1. The molecule has 2 heterocycles. The summed E-state index contributed by atoms with van der Waals surface area (Å²) in [4.78, 5) is 18.5. The fourth-order valence-corrected chi connectivity index (χ4v) is 3.55. The lowest BCUT2D eigenvalue weighted by atomic mass is 10.2. The zero-order valence-corrected chi connectivity index (χ0v) is 14.5. The zero-order chi connectivity index (χ0) is 18.3. The fraction of sp³-hybridized carbons (Fsp3) is 0.368. The summed E-state index contributed by atoms with van der Waals surface area (Å²) >= 11 is 0. The molecule has 3 N–H and O–H groups in total. The van der Waals surface area contributed by atoms with Crippen LogP contribution in [0.1, 0.15) is 35.2 Å². The van der Waals surface area contributed by atoms with Crippen molar-refractivity contribution in [1.82, 2.24) is 4.98 Å². The highest BCUT2D eigenvalue weighted by atomic mass is 16.5. The summed E-state index contributed by atoms with van der Waals surface area (Å²) < 4.78 is 11.4. The average molecular weight is 355 g/mol. The van der Waals surface area contributed by atoms with E-state index in [0.29, 0.717) is 35.8 Å². The normalized spacial score (nSPS) is 21.8. The molecule has 1 aliphatic heterocycles. The van der Waals surface area contributed by atoms with Crippen LogP contribution in [0.2, 0.25) is 0 Å². The number of aliphatic hydroxyl groups excluding tert-OH is 1. The molecule has 0 spiro atoms. The van der Waals surface area contributed by atoms with Gasteiger partial charge in [-0.2, -0.15) is 0 Å². The largest absolute Gasteiger partial charge is 0.493 e. The number of hydrogen-bond donors (Lipinski definition) is 2. The highest BCUT2D eigenvalue weighted by Crippen LogP contribution is 2.37. The number of fused-ring (bicyclic) bond motifs is 1. The number of anilines is 2. The van der Waals surface area contributed by atoms with Crippen molar-refractivity contribution < 1.29 is 19.4 Å². The van der Waals surface area contributed by atoms with E-state index in [1.807, 2.05) is 12.1 Å². The van der Waals surface area contributed by atoms with Crippen LogP contribution < -0.4 is 20.1 Å². The van der Waals surface area contributed by atoms with E-state index in [1.165, 1.54) is 0 Å². The van der Waals surface area contributed by atoms with Crippen LogP contribution in [0.25, 0.3) is 0 Å². The number of amides is 1. The molecule has 4 rings (SSSR count). The summed E-state index contributed by atoms with van der Waals surface area (Å²) in [5.41, 5.74) is 7.85. The quantitative estimate of drug-likeness (QED) is 0.872. The van der Waals surface area contributed by atoms with Crippen molar-refractivity contribution in [1.29, 1.82) is 0 Å². The molecule has 1 amide bonds. The molecule has 1 aliphatic carbocycles. The number of aliphatic hydroxyl groups is 1. The minimum absolute atomic E-state index is 0.0513. The van der Waals surface area contributed by atoms with Crippen LogP contribution in [0.4, 0.5) is 11.5 Å². The Balaban J connectivity index is 1.61. The van der Waals surface area contributed by atoms with Gasteiger partial charge in [-0.3, -0.25) is 4.79 Å². The Bertz CT molecular complexity index is 855. The van der Waals surface area contributed by atoms with Gasteiger partial charge in [0.25, 0.3) is 5.91 Å². The van der Waals surface area contributed by atoms with E-state index in [4.69, 9.17) is 15.2 Å². The van der Waals surface area contributed by atoms with Crippen molar-refractivity contribution >= 4 is 17.4 Å². The number of hydrogen-bond acceptors (Lipinski definition) is 6. The third kappa shape index (κ3) is 2.94. The average Bonchev–Trinajstić information content (AvgIpc) is 3.18. The number of nitrogens with two attached hydrogens (primary N) is 1. The molecule has 1 aromatic carbocycles. The van der Waals surface area contributed by atoms with Crippen molar-refractivity contribution in [3.63, 3.8) is 0 Å². The zero-order valence-electron chi connectivity index (χ0n) is 14.5. The van der Waals surface area contributed by atoms with Gasteiger partial charge in [0.1, 0.15) is 11.9 Å². The van der Waals surface area contributed by atoms with E-state index in [1.54, 1.807) is 30.3 Å². The smallest absolute Gasteiger partial charge is 0.259 e. The van der Waals surface area contributed by atoms with E-state index in [9.17, 15) is 9.90 Å². The maximum absolute atomic E-state index is 12.7. The number of carbonyl (C=O) groups is 1. The van der Waals surface area contributed by atoms with Gasteiger partial charge in [0.05, 0.1) is 25.3 Å². The molecular weight excluding hydrogens is 334 g/mol. The molecule has 136 valence electrons. The van der Waals surface area contributed by atoms with Crippen LogP contribution in [0.15, 0.2) is 30.5 Å². The molecule has 7 heteroatoms. The van der Waals surface area contributed by atoms with E-state index in [-0.39, 0.29) is 18.1 Å². The summed E-state index contributed by atoms with van der Waals surface area (Å²) in [5.74, 6) is 1.40. The van der Waals surface area contributed by atoms with Crippen molar-refractivity contribution in [2.75, 3.05) is 17.7 Å². The van der Waals surface area contributed by atoms with Gasteiger partial charge in [-0.25, -0.2) is 4.98 Å². The number of pyridine rings is 1. The molecular formula is C19H21N3O4. The van der Waals surface area contributed by atoms with Crippen molar-refractivity contribution in [3.8, 4) is 11.5 Å². The summed E-state index contributed by atoms with van der Waals surface area (Å²) in [6, 6.07) is 7.04. The summed E-state index contributed by atoms with van der Waals surface area (Å²) in [5, 5.41) is 9.71. The molecule has 0 radical (unpaired) electrons. The van der Waals surface area contributed by atoms with Gasteiger partial charge in [0.15, 0.2) is 11.5 Å². The Morgan fingerprint density at radius 3 is 2.85 bits per heavy atom. The van der Waals surface area contributed by atoms with Gasteiger partial charge in [-0.15, -0.1) is 0 Å². The molecule has 1 aromatic heterocycles. The molecule has 2 unspecified atom stereocenters. The predicted octanol–water partition coefficient (Wildman–Crippen LogP) is 2.12. The lowest BCUT2D eigenvalue weighted by Gasteiger charge is -2.20. The molecule has 2 atom stereocenters. The fourth-order valence-electron chi connectivity index (χ4n) is 3.55. The highest BCUT2D eigenvalue weighted by molar-refractivity contribution is 6.10. The number of methoxy groups -OCH3 is 1. The van der Waals surface area contributed by atoms with Crippen LogP contribution in [0.3, 0.4) is 0 Å². The van der Waals surface area contributed by atoms with Crippen LogP contribution >= 0.6 is 0 Å². The number of aromatic nitrogens is 1. The van der Waals surface area contributed by atoms with Crippen LogP contribution in [-0.2, 0) is 6.54 Å². The second-order valence-corrected chi connectivity index (χ2v) is 6.70. The standard InChI is InChI=1S/C19H21N3O4/c1-25-16-5-2-12(6-17(16)26-14-4-3-13(23)7-14)22-10-11-9-21-18(20)8-15(11)19(22)24/h2,5-6,8-9,13-14,23H,3-4,7,10H2,1H3,(H2,20,21). The van der Waals surface area contributed by atoms with Crippen LogP contribution in [-0.4, -0.2) is 35.3 Å². The van der Waals surface area contributed by atoms with Crippen molar-refractivity contribution in [3.05, 3.63) is 41.6 Å². The third-order valence-electron chi connectivity index (χ3n) is 4.92. The molecule has 1 fully saturated rings. The molecule has 7 nitrogen and oxygen atoms in total. The maximum Gasteiger partial charge on any atom is 0.259 e.